The monoisotopic (exact) mass is 569 g/mol. The van der Waals surface area contributed by atoms with Crippen molar-refractivity contribution in [2.45, 2.75) is 0 Å². The summed E-state index contributed by atoms with van der Waals surface area (Å²) in [5, 5.41) is 5.10. The van der Waals surface area contributed by atoms with Gasteiger partial charge in [0.1, 0.15) is 0 Å². The molecule has 0 saturated carbocycles. The maximum Gasteiger partial charge on any atom is 0 e. The molecule has 0 bridgehead atoms. The van der Waals surface area contributed by atoms with Crippen molar-refractivity contribution >= 4 is 21.5 Å². The fraction of sp³-hybridized carbons (Fsp3) is 0. The van der Waals surface area contributed by atoms with E-state index in [1.807, 2.05) is 24.3 Å². The van der Waals surface area contributed by atoms with E-state index in [0.29, 0.717) is 0 Å². The Hall–Kier alpha value is -3.84. The molecule has 0 spiro atoms. The van der Waals surface area contributed by atoms with Crippen molar-refractivity contribution in [3.63, 3.8) is 0 Å². The molecule has 0 nitrogen and oxygen atoms in total. The summed E-state index contributed by atoms with van der Waals surface area (Å²) in [5.41, 5.74) is 9.52. The second-order valence-corrected chi connectivity index (χ2v) is 9.55. The topological polar surface area (TPSA) is 0 Å². The van der Waals surface area contributed by atoms with Crippen molar-refractivity contribution in [1.29, 1.82) is 0 Å². The predicted octanol–water partition coefficient (Wildman–Crippen LogP) is 10.3. The van der Waals surface area contributed by atoms with Gasteiger partial charge < -0.3 is 0 Å². The van der Waals surface area contributed by atoms with Crippen molar-refractivity contribution < 1.29 is 32.7 Å². The number of fused-ring (bicyclic) bond motifs is 2. The normalized spacial score (nSPS) is 10.9. The van der Waals surface area contributed by atoms with Gasteiger partial charge in [0.05, 0.1) is 0 Å². The molecule has 0 N–H and O–H groups in total. The Morgan fingerprint density at radius 2 is 0.821 bits per heavy atom. The quantitative estimate of drug-likeness (QED) is 0.146. The van der Waals surface area contributed by atoms with Gasteiger partial charge in [0.25, 0.3) is 0 Å². The Balaban J connectivity index is 0.00000277. The maximum atomic E-state index is 3.36. The molecule has 0 saturated heterocycles. The van der Waals surface area contributed by atoms with E-state index < -0.39 is 0 Å². The van der Waals surface area contributed by atoms with Crippen LogP contribution < -0.4 is 0 Å². The molecule has 0 aliphatic heterocycles. The Labute approximate surface area is 254 Å². The first kappa shape index (κ1) is 25.4. The molecule has 0 heterocycles. The number of benzene rings is 7. The van der Waals surface area contributed by atoms with Gasteiger partial charge in [-0.3, -0.25) is 0 Å². The van der Waals surface area contributed by atoms with Crippen molar-refractivity contribution in [1.82, 2.24) is 0 Å². The van der Waals surface area contributed by atoms with Gasteiger partial charge in [-0.1, -0.05) is 103 Å². The number of hydrogen-bond donors (Lipinski definition) is 0. The fourth-order valence-electron chi connectivity index (χ4n) is 5.55. The minimum Gasteiger partial charge on any atom is -0.226 e. The van der Waals surface area contributed by atoms with Crippen molar-refractivity contribution in [2.75, 3.05) is 0 Å². The Morgan fingerprint density at radius 1 is 0.333 bits per heavy atom. The summed E-state index contributed by atoms with van der Waals surface area (Å²) in [4.78, 5) is 0. The average molecular weight is 570 g/mol. The summed E-state index contributed by atoms with van der Waals surface area (Å²) in [6.45, 7) is 0. The van der Waals surface area contributed by atoms with Crippen LogP contribution in [0.25, 0.3) is 66.1 Å². The Kier molecular flexibility index (Phi) is 7.25. The van der Waals surface area contributed by atoms with Crippen molar-refractivity contribution in [3.05, 3.63) is 158 Å². The van der Waals surface area contributed by atoms with Crippen molar-refractivity contribution in [2.24, 2.45) is 0 Å². The van der Waals surface area contributed by atoms with Gasteiger partial charge in [0.15, 0.2) is 0 Å². The molecule has 0 aliphatic rings. The molecular weight excluding hydrogens is 545 g/mol. The van der Waals surface area contributed by atoms with Gasteiger partial charge in [-0.05, 0) is 49.4 Å². The summed E-state index contributed by atoms with van der Waals surface area (Å²) in [6, 6.07) is 58.4. The van der Waals surface area contributed by atoms with Gasteiger partial charge in [-0.15, -0.1) is 17.7 Å². The Morgan fingerprint density at radius 3 is 1.38 bits per heavy atom. The molecule has 0 aliphatic carbocycles. The zero-order valence-electron chi connectivity index (χ0n) is 21.4. The van der Waals surface area contributed by atoms with Gasteiger partial charge in [0, 0.05) is 32.7 Å². The molecule has 0 fully saturated rings. The minimum atomic E-state index is 0. The van der Waals surface area contributed by atoms with E-state index >= 15 is 0 Å². The van der Waals surface area contributed by atoms with Crippen LogP contribution in [0.1, 0.15) is 0 Å². The zero-order valence-corrected chi connectivity index (χ0v) is 24.3. The number of hydrogen-bond acceptors (Lipinski definition) is 0. The van der Waals surface area contributed by atoms with Crippen LogP contribution in [0.3, 0.4) is 0 Å². The molecule has 7 rings (SSSR count). The summed E-state index contributed by atoms with van der Waals surface area (Å²) in [5.74, 6) is 0. The third kappa shape index (κ3) is 4.76. The van der Waals surface area contributed by atoms with Crippen LogP contribution in [0.4, 0.5) is 0 Å². The van der Waals surface area contributed by atoms with Crippen LogP contribution in [-0.4, -0.2) is 0 Å². The fourth-order valence-corrected chi connectivity index (χ4v) is 5.55. The second kappa shape index (κ2) is 11.1. The first-order valence-corrected chi connectivity index (χ1v) is 13.0. The maximum absolute atomic E-state index is 3.36. The van der Waals surface area contributed by atoms with Crippen molar-refractivity contribution in [3.8, 4) is 44.5 Å². The Bertz CT molecular complexity index is 1830. The van der Waals surface area contributed by atoms with E-state index in [9.17, 15) is 0 Å². The van der Waals surface area contributed by atoms with E-state index in [0.717, 1.165) is 11.1 Å². The van der Waals surface area contributed by atoms with Crippen LogP contribution in [0, 0.1) is 12.1 Å². The molecule has 7 aromatic rings. The summed E-state index contributed by atoms with van der Waals surface area (Å²) in [7, 11) is 0. The largest absolute Gasteiger partial charge is 0.226 e. The molecule has 1 heteroatoms. The molecule has 0 amide bonds. The standard InChI is InChI=1S/C38H24.Y/c1-3-12-27(13-4-1)31-16-11-17-32(26-31)28-22-24-30(25-23-28)38-35-20-9-7-18-33(35)37(29-14-5-2-6-15-29)34-19-8-10-21-36(34)38;/h1-12,14-15,17-26H;/q-2;. The third-order valence-corrected chi connectivity index (χ3v) is 7.30. The van der Waals surface area contributed by atoms with Crippen LogP contribution in [-0.2, 0) is 32.7 Å². The molecule has 181 valence electrons. The first-order chi connectivity index (χ1) is 18.9. The molecule has 0 atom stereocenters. The van der Waals surface area contributed by atoms with E-state index in [2.05, 4.69) is 133 Å². The van der Waals surface area contributed by atoms with Gasteiger partial charge >= 0.3 is 0 Å². The molecule has 0 unspecified atom stereocenters. The van der Waals surface area contributed by atoms with Crippen LogP contribution in [0.5, 0.6) is 0 Å². The molecular formula is C38H24Y-2. The molecule has 7 aromatic carbocycles. The van der Waals surface area contributed by atoms with Crippen LogP contribution in [0.2, 0.25) is 0 Å². The van der Waals surface area contributed by atoms with E-state index in [1.165, 1.54) is 54.9 Å². The first-order valence-electron chi connectivity index (χ1n) is 13.0. The van der Waals surface area contributed by atoms with E-state index in [-0.39, 0.29) is 32.7 Å². The SMILES string of the molecule is [Y].[c-]1ccccc1-c1[c-]ccc(-c2ccc(-c3c4ccccc4c(-c4ccccc4)c4ccccc34)cc2)c1. The van der Waals surface area contributed by atoms with E-state index in [1.54, 1.807) is 0 Å². The van der Waals surface area contributed by atoms with Gasteiger partial charge in [0.2, 0.25) is 0 Å². The second-order valence-electron chi connectivity index (χ2n) is 9.55. The predicted molar refractivity (Wildman–Crippen MR) is 161 cm³/mol. The zero-order chi connectivity index (χ0) is 25.3. The van der Waals surface area contributed by atoms with Gasteiger partial charge in [-0.2, -0.15) is 42.5 Å². The smallest absolute Gasteiger partial charge is 0 e. The molecule has 0 aromatic heterocycles. The molecule has 1 radical (unpaired) electrons. The van der Waals surface area contributed by atoms with E-state index in [4.69, 9.17) is 0 Å². The summed E-state index contributed by atoms with van der Waals surface area (Å²) >= 11 is 0. The van der Waals surface area contributed by atoms with Gasteiger partial charge in [-0.25, -0.2) is 11.1 Å². The summed E-state index contributed by atoms with van der Waals surface area (Å²) in [6.07, 6.45) is 0. The minimum absolute atomic E-state index is 0. The van der Waals surface area contributed by atoms with Crippen LogP contribution in [0.15, 0.2) is 146 Å². The molecule has 39 heavy (non-hydrogen) atoms. The number of rotatable bonds is 4. The third-order valence-electron chi connectivity index (χ3n) is 7.30. The summed E-state index contributed by atoms with van der Waals surface area (Å²) < 4.78 is 0. The average Bonchev–Trinajstić information content (AvgIpc) is 3.01. The van der Waals surface area contributed by atoms with Crippen LogP contribution >= 0.6 is 0 Å².